The van der Waals surface area contributed by atoms with Gasteiger partial charge in [-0.15, -0.1) is 12.4 Å². The van der Waals surface area contributed by atoms with E-state index >= 15 is 0 Å². The number of carbonyl (C=O) groups excluding carboxylic acids is 2. The van der Waals surface area contributed by atoms with Gasteiger partial charge in [0, 0.05) is 23.7 Å². The Morgan fingerprint density at radius 2 is 1.96 bits per heavy atom. The van der Waals surface area contributed by atoms with E-state index in [0.29, 0.717) is 17.2 Å². The number of carbonyl (C=O) groups is 2. The molecular weight excluding hydrogens is 404 g/mol. The molecule has 0 spiro atoms. The Bertz CT molecular complexity index is 859. The van der Waals surface area contributed by atoms with Gasteiger partial charge in [0.1, 0.15) is 5.82 Å². The van der Waals surface area contributed by atoms with Crippen LogP contribution in [0.1, 0.15) is 22.8 Å². The Balaban J connectivity index is 0.00000280. The number of rotatable bonds is 6. The molecule has 3 N–H and O–H groups in total. The first-order chi connectivity index (χ1) is 13.0. The molecule has 0 bridgehead atoms. The lowest BCUT2D eigenvalue weighted by Crippen LogP contribution is -2.48. The molecule has 0 aromatic heterocycles. The average molecular weight is 426 g/mol. The zero-order chi connectivity index (χ0) is 19.4. The zero-order valence-electron chi connectivity index (χ0n) is 15.3. The molecule has 150 valence electrons. The van der Waals surface area contributed by atoms with E-state index in [2.05, 4.69) is 16.0 Å². The summed E-state index contributed by atoms with van der Waals surface area (Å²) in [7, 11) is 0. The normalized spacial score (nSPS) is 14.4. The van der Waals surface area contributed by atoms with Gasteiger partial charge in [0.2, 0.25) is 5.91 Å². The molecule has 0 aliphatic carbocycles. The molecule has 2 amide bonds. The largest absolute Gasteiger partial charge is 0.348 e. The second kappa shape index (κ2) is 9.87. The zero-order valence-corrected chi connectivity index (χ0v) is 16.9. The molecular formula is C20H22Cl2FN3O2. The van der Waals surface area contributed by atoms with Gasteiger partial charge in [-0.2, -0.15) is 0 Å². The molecule has 1 atom stereocenters. The van der Waals surface area contributed by atoms with Crippen molar-refractivity contribution in [2.75, 3.05) is 18.4 Å². The van der Waals surface area contributed by atoms with E-state index in [1.165, 1.54) is 12.1 Å². The standard InChI is InChI=1S/C20H21ClFN3O2.ClH/c1-12(14-9-23-10-14)19(26)25-15-6-7-17(21)16(8-15)20(27)24-11-13-4-2-3-5-18(13)22;/h2-8,12,14,23H,9-11H2,1H3,(H,24,27)(H,25,26);1H. The van der Waals surface area contributed by atoms with Crippen molar-refractivity contribution in [2.45, 2.75) is 13.5 Å². The van der Waals surface area contributed by atoms with Crippen LogP contribution in [0.25, 0.3) is 0 Å². The molecule has 1 aliphatic heterocycles. The Morgan fingerprint density at radius 3 is 2.61 bits per heavy atom. The predicted octanol–water partition coefficient (Wildman–Crippen LogP) is 3.62. The van der Waals surface area contributed by atoms with E-state index < -0.39 is 5.91 Å². The fourth-order valence-corrected chi connectivity index (χ4v) is 3.03. The molecule has 2 aromatic rings. The van der Waals surface area contributed by atoms with Gasteiger partial charge < -0.3 is 16.0 Å². The first-order valence-electron chi connectivity index (χ1n) is 8.78. The summed E-state index contributed by atoms with van der Waals surface area (Å²) in [6, 6.07) is 11.0. The maximum Gasteiger partial charge on any atom is 0.253 e. The van der Waals surface area contributed by atoms with Crippen LogP contribution in [0.5, 0.6) is 0 Å². The Hall–Kier alpha value is -2.15. The van der Waals surface area contributed by atoms with Gasteiger partial charge in [-0.1, -0.05) is 36.7 Å². The topological polar surface area (TPSA) is 70.2 Å². The van der Waals surface area contributed by atoms with Crippen molar-refractivity contribution in [1.29, 1.82) is 0 Å². The summed E-state index contributed by atoms with van der Waals surface area (Å²) in [5, 5.41) is 8.89. The van der Waals surface area contributed by atoms with Crippen LogP contribution in [0.4, 0.5) is 10.1 Å². The van der Waals surface area contributed by atoms with E-state index in [0.717, 1.165) is 13.1 Å². The summed E-state index contributed by atoms with van der Waals surface area (Å²) in [6.07, 6.45) is 0. The highest BCUT2D eigenvalue weighted by Gasteiger charge is 2.28. The van der Waals surface area contributed by atoms with Gasteiger partial charge in [-0.3, -0.25) is 9.59 Å². The summed E-state index contributed by atoms with van der Waals surface area (Å²) in [5.74, 6) is -0.720. The summed E-state index contributed by atoms with van der Waals surface area (Å²) in [5.41, 5.74) is 1.11. The summed E-state index contributed by atoms with van der Waals surface area (Å²) in [4.78, 5) is 24.8. The van der Waals surface area contributed by atoms with Gasteiger partial charge in [0.25, 0.3) is 5.91 Å². The number of hydrogen-bond donors (Lipinski definition) is 3. The molecule has 1 fully saturated rings. The molecule has 0 radical (unpaired) electrons. The predicted molar refractivity (Wildman–Crippen MR) is 110 cm³/mol. The van der Waals surface area contributed by atoms with E-state index in [1.54, 1.807) is 30.3 Å². The minimum Gasteiger partial charge on any atom is -0.348 e. The Kier molecular flexibility index (Phi) is 7.80. The lowest BCUT2D eigenvalue weighted by atomic mass is 9.88. The maximum atomic E-state index is 13.7. The second-order valence-corrected chi connectivity index (χ2v) is 7.07. The van der Waals surface area contributed by atoms with Gasteiger partial charge in [-0.05, 0) is 43.3 Å². The van der Waals surface area contributed by atoms with Crippen molar-refractivity contribution in [2.24, 2.45) is 11.8 Å². The van der Waals surface area contributed by atoms with Crippen molar-refractivity contribution < 1.29 is 14.0 Å². The third-order valence-corrected chi connectivity index (χ3v) is 5.14. The molecule has 1 unspecified atom stereocenters. The highest BCUT2D eigenvalue weighted by molar-refractivity contribution is 6.34. The highest BCUT2D eigenvalue weighted by atomic mass is 35.5. The third-order valence-electron chi connectivity index (χ3n) is 4.81. The monoisotopic (exact) mass is 425 g/mol. The maximum absolute atomic E-state index is 13.7. The molecule has 1 saturated heterocycles. The molecule has 8 heteroatoms. The summed E-state index contributed by atoms with van der Waals surface area (Å²) in [6.45, 7) is 3.60. The number of nitrogens with one attached hydrogen (secondary N) is 3. The smallest absolute Gasteiger partial charge is 0.253 e. The van der Waals surface area contributed by atoms with Crippen LogP contribution in [-0.2, 0) is 11.3 Å². The SMILES string of the molecule is CC(C(=O)Nc1ccc(Cl)c(C(=O)NCc2ccccc2F)c1)C1CNC1.Cl. The summed E-state index contributed by atoms with van der Waals surface area (Å²) < 4.78 is 13.7. The minimum absolute atomic E-state index is 0. The average Bonchev–Trinajstić information content (AvgIpc) is 2.60. The molecule has 2 aromatic carbocycles. The quantitative estimate of drug-likeness (QED) is 0.661. The molecule has 0 saturated carbocycles. The lowest BCUT2D eigenvalue weighted by Gasteiger charge is -2.31. The Morgan fingerprint density at radius 1 is 1.25 bits per heavy atom. The van der Waals surface area contributed by atoms with Crippen molar-refractivity contribution >= 4 is 41.5 Å². The van der Waals surface area contributed by atoms with Gasteiger partial charge in [-0.25, -0.2) is 4.39 Å². The fraction of sp³-hybridized carbons (Fsp3) is 0.300. The molecule has 1 heterocycles. The first kappa shape index (κ1) is 22.1. The van der Waals surface area contributed by atoms with E-state index in [9.17, 15) is 14.0 Å². The third kappa shape index (κ3) is 5.22. The number of anilines is 1. The fourth-order valence-electron chi connectivity index (χ4n) is 2.82. The van der Waals surface area contributed by atoms with Crippen LogP contribution in [-0.4, -0.2) is 24.9 Å². The number of benzene rings is 2. The highest BCUT2D eigenvalue weighted by Crippen LogP contribution is 2.23. The number of amides is 2. The molecule has 5 nitrogen and oxygen atoms in total. The van der Waals surface area contributed by atoms with Crippen molar-refractivity contribution in [3.05, 3.63) is 64.4 Å². The second-order valence-electron chi connectivity index (χ2n) is 6.66. The first-order valence-corrected chi connectivity index (χ1v) is 9.16. The van der Waals surface area contributed by atoms with Crippen LogP contribution in [0.2, 0.25) is 5.02 Å². The minimum atomic E-state index is -0.435. The van der Waals surface area contributed by atoms with Crippen LogP contribution in [0.15, 0.2) is 42.5 Å². The molecule has 28 heavy (non-hydrogen) atoms. The number of halogens is 3. The van der Waals surface area contributed by atoms with E-state index in [1.807, 2.05) is 6.92 Å². The van der Waals surface area contributed by atoms with Crippen LogP contribution in [0.3, 0.4) is 0 Å². The van der Waals surface area contributed by atoms with Crippen molar-refractivity contribution in [3.63, 3.8) is 0 Å². The lowest BCUT2D eigenvalue weighted by molar-refractivity contribution is -0.121. The van der Waals surface area contributed by atoms with Crippen LogP contribution >= 0.6 is 24.0 Å². The van der Waals surface area contributed by atoms with Gasteiger partial charge >= 0.3 is 0 Å². The number of hydrogen-bond acceptors (Lipinski definition) is 3. The summed E-state index contributed by atoms with van der Waals surface area (Å²) >= 11 is 6.13. The van der Waals surface area contributed by atoms with E-state index in [-0.39, 0.29) is 47.2 Å². The molecule has 1 aliphatic rings. The molecule has 3 rings (SSSR count). The van der Waals surface area contributed by atoms with Crippen LogP contribution < -0.4 is 16.0 Å². The Labute approximate surface area is 174 Å². The van der Waals surface area contributed by atoms with Gasteiger partial charge in [0.05, 0.1) is 10.6 Å². The van der Waals surface area contributed by atoms with Crippen molar-refractivity contribution in [3.8, 4) is 0 Å². The van der Waals surface area contributed by atoms with E-state index in [4.69, 9.17) is 11.6 Å². The van der Waals surface area contributed by atoms with Gasteiger partial charge in [0.15, 0.2) is 0 Å². The van der Waals surface area contributed by atoms with Crippen molar-refractivity contribution in [1.82, 2.24) is 10.6 Å². The van der Waals surface area contributed by atoms with Crippen LogP contribution in [0, 0.1) is 17.7 Å².